The minimum atomic E-state index is -0.529. The van der Waals surface area contributed by atoms with E-state index in [1.54, 1.807) is 0 Å². The van der Waals surface area contributed by atoms with Crippen molar-refractivity contribution in [1.29, 1.82) is 0 Å². The van der Waals surface area contributed by atoms with Crippen molar-refractivity contribution in [2.75, 3.05) is 12.4 Å². The second kappa shape index (κ2) is 8.66. The minimum Gasteiger partial charge on any atom is -0.465 e. The smallest absolute Gasteiger partial charge is 0.337 e. The number of carbonyl (C=O) groups is 3. The fourth-order valence-corrected chi connectivity index (χ4v) is 3.56. The number of methoxy groups -OCH3 is 1. The molecule has 0 bridgehead atoms. The number of esters is 2. The van der Waals surface area contributed by atoms with E-state index < -0.39 is 17.8 Å². The number of benzene rings is 2. The molecule has 26 heavy (non-hydrogen) atoms. The summed E-state index contributed by atoms with van der Waals surface area (Å²) in [5.41, 5.74) is 0.903. The largest absolute Gasteiger partial charge is 0.465 e. The molecule has 136 valence electrons. The molecule has 0 aliphatic heterocycles. The fraction of sp³-hybridized carbons (Fsp3) is 0.118. The number of carbonyl (C=O) groups excluding carboxylic acids is 3. The van der Waals surface area contributed by atoms with Gasteiger partial charge in [0.15, 0.2) is 5.75 Å². The molecule has 0 atom stereocenters. The molecule has 0 radical (unpaired) electrons. The Morgan fingerprint density at radius 1 is 1.04 bits per heavy atom. The van der Waals surface area contributed by atoms with Gasteiger partial charge in [0, 0.05) is 12.5 Å². The molecule has 0 aliphatic carbocycles. The summed E-state index contributed by atoms with van der Waals surface area (Å²) in [5, 5.41) is 2.84. The average Bonchev–Trinajstić information content (AvgIpc) is 2.58. The Bertz CT molecular complexity index is 878. The van der Waals surface area contributed by atoms with Crippen LogP contribution in [0.15, 0.2) is 39.3 Å². The quantitative estimate of drug-likeness (QED) is 0.476. The Kier molecular flexibility index (Phi) is 6.80. The summed E-state index contributed by atoms with van der Waals surface area (Å²) in [7, 11) is 1.27. The van der Waals surface area contributed by atoms with E-state index in [2.05, 4.69) is 41.9 Å². The molecule has 0 heterocycles. The lowest BCUT2D eigenvalue weighted by Crippen LogP contribution is -2.13. The molecule has 2 aromatic rings. The molecule has 0 aromatic heterocycles. The second-order valence-corrected chi connectivity index (χ2v) is 7.12. The normalized spacial score (nSPS) is 10.2. The van der Waals surface area contributed by atoms with E-state index in [1.165, 1.54) is 44.4 Å². The number of halogens is 3. The van der Waals surface area contributed by atoms with Crippen LogP contribution in [0.3, 0.4) is 0 Å². The van der Waals surface area contributed by atoms with Crippen LogP contribution in [0.25, 0.3) is 0 Å². The van der Waals surface area contributed by atoms with Crippen LogP contribution in [0, 0.1) is 0 Å². The van der Waals surface area contributed by atoms with Crippen molar-refractivity contribution in [3.8, 4) is 5.75 Å². The number of hydrogen-bond acceptors (Lipinski definition) is 5. The first-order valence-corrected chi connectivity index (χ1v) is 9.06. The van der Waals surface area contributed by atoms with Gasteiger partial charge in [-0.2, -0.15) is 0 Å². The van der Waals surface area contributed by atoms with E-state index in [0.29, 0.717) is 20.2 Å². The summed E-state index contributed by atoms with van der Waals surface area (Å²) in [6, 6.07) is 7.41. The Hall–Kier alpha value is -1.90. The molecule has 0 fully saturated rings. The Morgan fingerprint density at radius 2 is 1.65 bits per heavy atom. The van der Waals surface area contributed by atoms with Crippen LogP contribution >= 0.6 is 43.5 Å². The molecular formula is C17H12Br2ClNO5. The average molecular weight is 506 g/mol. The van der Waals surface area contributed by atoms with Crippen LogP contribution in [0.4, 0.5) is 5.69 Å². The van der Waals surface area contributed by atoms with E-state index in [9.17, 15) is 14.4 Å². The highest BCUT2D eigenvalue weighted by atomic mass is 79.9. The molecule has 1 N–H and O–H groups in total. The van der Waals surface area contributed by atoms with Gasteiger partial charge in [-0.05, 0) is 62.2 Å². The van der Waals surface area contributed by atoms with E-state index >= 15 is 0 Å². The Balaban J connectivity index is 2.25. The summed E-state index contributed by atoms with van der Waals surface area (Å²) >= 11 is 12.6. The number of amides is 1. The first-order chi connectivity index (χ1) is 12.2. The minimum absolute atomic E-state index is 0.191. The summed E-state index contributed by atoms with van der Waals surface area (Å²) < 4.78 is 10.5. The Labute approximate surface area is 171 Å². The van der Waals surface area contributed by atoms with Crippen LogP contribution < -0.4 is 10.1 Å². The van der Waals surface area contributed by atoms with Gasteiger partial charge < -0.3 is 14.8 Å². The monoisotopic (exact) mass is 503 g/mol. The van der Waals surface area contributed by atoms with Crippen LogP contribution in [-0.4, -0.2) is 25.0 Å². The standard InChI is InChI=1S/C17H12Br2ClNO5/c1-8(22)26-15-11(18)5-10(6-12(15)19)16(23)21-14-4-3-9(7-13(14)20)17(24)25-2/h3-7H,1-2H3,(H,21,23). The van der Waals surface area contributed by atoms with Crippen molar-refractivity contribution >= 4 is 67.0 Å². The summed E-state index contributed by atoms with van der Waals surface area (Å²) in [6.45, 7) is 1.28. The first-order valence-electron chi connectivity index (χ1n) is 7.09. The van der Waals surface area contributed by atoms with Crippen molar-refractivity contribution in [2.24, 2.45) is 0 Å². The van der Waals surface area contributed by atoms with E-state index in [4.69, 9.17) is 16.3 Å². The van der Waals surface area contributed by atoms with E-state index in [0.717, 1.165) is 0 Å². The number of ether oxygens (including phenoxy) is 2. The predicted octanol–water partition coefficient (Wildman–Crippen LogP) is 4.83. The zero-order valence-corrected chi connectivity index (χ0v) is 17.5. The topological polar surface area (TPSA) is 81.7 Å². The van der Waals surface area contributed by atoms with Gasteiger partial charge in [-0.25, -0.2) is 4.79 Å². The van der Waals surface area contributed by atoms with E-state index in [1.807, 2.05) is 0 Å². The molecule has 0 aliphatic rings. The summed E-state index contributed by atoms with van der Waals surface area (Å²) in [6.07, 6.45) is 0. The van der Waals surface area contributed by atoms with Crippen LogP contribution in [-0.2, 0) is 9.53 Å². The Morgan fingerprint density at radius 3 is 2.15 bits per heavy atom. The van der Waals surface area contributed by atoms with Crippen LogP contribution in [0.5, 0.6) is 5.75 Å². The van der Waals surface area contributed by atoms with Crippen LogP contribution in [0.1, 0.15) is 27.6 Å². The van der Waals surface area contributed by atoms with Gasteiger partial charge in [0.1, 0.15) is 0 Å². The molecular weight excluding hydrogens is 493 g/mol. The first kappa shape index (κ1) is 20.4. The molecule has 0 saturated carbocycles. The zero-order valence-electron chi connectivity index (χ0n) is 13.6. The summed E-state index contributed by atoms with van der Waals surface area (Å²) in [4.78, 5) is 35.1. The van der Waals surface area contributed by atoms with Crippen molar-refractivity contribution in [3.05, 3.63) is 55.4 Å². The zero-order chi connectivity index (χ0) is 19.4. The van der Waals surface area contributed by atoms with E-state index in [-0.39, 0.29) is 16.3 Å². The van der Waals surface area contributed by atoms with Gasteiger partial charge in [0.05, 0.1) is 32.3 Å². The van der Waals surface area contributed by atoms with Gasteiger partial charge in [0.25, 0.3) is 5.91 Å². The second-order valence-electron chi connectivity index (χ2n) is 5.00. The number of hydrogen-bond donors (Lipinski definition) is 1. The van der Waals surface area contributed by atoms with Crippen LogP contribution in [0.2, 0.25) is 5.02 Å². The maximum atomic E-state index is 12.5. The van der Waals surface area contributed by atoms with Gasteiger partial charge in [-0.3, -0.25) is 9.59 Å². The number of rotatable bonds is 4. The molecule has 0 unspecified atom stereocenters. The SMILES string of the molecule is COC(=O)c1ccc(NC(=O)c2cc(Br)c(OC(C)=O)c(Br)c2)c(Cl)c1. The molecule has 0 spiro atoms. The molecule has 6 nitrogen and oxygen atoms in total. The van der Waals surface area contributed by atoms with Gasteiger partial charge >= 0.3 is 11.9 Å². The highest BCUT2D eigenvalue weighted by Gasteiger charge is 2.16. The van der Waals surface area contributed by atoms with Crippen molar-refractivity contribution < 1.29 is 23.9 Å². The van der Waals surface area contributed by atoms with Crippen molar-refractivity contribution in [2.45, 2.75) is 6.92 Å². The number of anilines is 1. The lowest BCUT2D eigenvalue weighted by molar-refractivity contribution is -0.131. The van der Waals surface area contributed by atoms with Gasteiger partial charge in [-0.1, -0.05) is 11.6 Å². The molecule has 1 amide bonds. The third-order valence-electron chi connectivity index (χ3n) is 3.14. The molecule has 2 aromatic carbocycles. The lowest BCUT2D eigenvalue weighted by Gasteiger charge is -2.11. The molecule has 2 rings (SSSR count). The van der Waals surface area contributed by atoms with Gasteiger partial charge in [-0.15, -0.1) is 0 Å². The summed E-state index contributed by atoms with van der Waals surface area (Å²) in [5.74, 6) is -1.18. The lowest BCUT2D eigenvalue weighted by atomic mass is 10.1. The maximum Gasteiger partial charge on any atom is 0.337 e. The highest BCUT2D eigenvalue weighted by molar-refractivity contribution is 9.11. The third kappa shape index (κ3) is 4.84. The molecule has 9 heteroatoms. The fourth-order valence-electron chi connectivity index (χ4n) is 1.99. The highest BCUT2D eigenvalue weighted by Crippen LogP contribution is 2.35. The van der Waals surface area contributed by atoms with Crippen molar-refractivity contribution in [3.63, 3.8) is 0 Å². The maximum absolute atomic E-state index is 12.5. The predicted molar refractivity (Wildman–Crippen MR) is 104 cm³/mol. The van der Waals surface area contributed by atoms with Crippen molar-refractivity contribution in [1.82, 2.24) is 0 Å². The molecule has 0 saturated heterocycles. The van der Waals surface area contributed by atoms with Gasteiger partial charge in [0.2, 0.25) is 0 Å². The third-order valence-corrected chi connectivity index (χ3v) is 4.64. The number of nitrogens with one attached hydrogen (secondary N) is 1.